The number of hydrogen-bond acceptors (Lipinski definition) is 2. The summed E-state index contributed by atoms with van der Waals surface area (Å²) in [5.74, 6) is 0.580. The third-order valence-electron chi connectivity index (χ3n) is 3.23. The van der Waals surface area contributed by atoms with Gasteiger partial charge in [0.15, 0.2) is 0 Å². The lowest BCUT2D eigenvalue weighted by Crippen LogP contribution is -1.87. The van der Waals surface area contributed by atoms with Crippen LogP contribution in [0.15, 0.2) is 60.7 Å². The van der Waals surface area contributed by atoms with Crippen LogP contribution in [0.2, 0.25) is 0 Å². The first-order chi connectivity index (χ1) is 9.20. The van der Waals surface area contributed by atoms with Gasteiger partial charge in [0.25, 0.3) is 0 Å². The molecule has 0 amide bonds. The topological polar surface area (TPSA) is 40.5 Å². The van der Waals surface area contributed by atoms with Crippen molar-refractivity contribution in [2.45, 2.75) is 6.42 Å². The fraction of sp³-hybridized carbons (Fsp3) is 0.0588. The lowest BCUT2D eigenvalue weighted by molar-refractivity contribution is 0.475. The summed E-state index contributed by atoms with van der Waals surface area (Å²) in [7, 11) is 0. The highest BCUT2D eigenvalue weighted by molar-refractivity contribution is 5.84. The minimum absolute atomic E-state index is 0.290. The molecule has 0 fully saturated rings. The summed E-state index contributed by atoms with van der Waals surface area (Å²) in [5.41, 5.74) is 2.37. The minimum atomic E-state index is 0.290. The van der Waals surface area contributed by atoms with E-state index in [9.17, 15) is 10.2 Å². The molecule has 2 heteroatoms. The molecule has 0 saturated carbocycles. The predicted molar refractivity (Wildman–Crippen MR) is 76.5 cm³/mol. The summed E-state index contributed by atoms with van der Waals surface area (Å²) in [6.45, 7) is 0. The van der Waals surface area contributed by atoms with Crippen molar-refractivity contribution < 1.29 is 10.2 Å². The maximum atomic E-state index is 9.44. The van der Waals surface area contributed by atoms with Crippen molar-refractivity contribution in [2.75, 3.05) is 0 Å². The molecule has 0 unspecified atom stereocenters. The van der Waals surface area contributed by atoms with E-state index in [4.69, 9.17) is 0 Å². The second-order valence-corrected chi connectivity index (χ2v) is 4.71. The van der Waals surface area contributed by atoms with Crippen LogP contribution in [0.4, 0.5) is 0 Å². The first-order valence-electron chi connectivity index (χ1n) is 6.20. The fourth-order valence-electron chi connectivity index (χ4n) is 2.24. The first kappa shape index (κ1) is 11.6. The Morgan fingerprint density at radius 3 is 1.95 bits per heavy atom. The van der Waals surface area contributed by atoms with Gasteiger partial charge in [0, 0.05) is 0 Å². The van der Waals surface area contributed by atoms with E-state index in [2.05, 4.69) is 12.1 Å². The van der Waals surface area contributed by atoms with Crippen molar-refractivity contribution >= 4 is 10.8 Å². The maximum Gasteiger partial charge on any atom is 0.116 e. The number of rotatable bonds is 2. The molecule has 0 radical (unpaired) electrons. The van der Waals surface area contributed by atoms with Crippen molar-refractivity contribution in [2.24, 2.45) is 0 Å². The molecule has 0 saturated heterocycles. The monoisotopic (exact) mass is 250 g/mol. The Morgan fingerprint density at radius 1 is 0.579 bits per heavy atom. The number of fused-ring (bicyclic) bond motifs is 1. The summed E-state index contributed by atoms with van der Waals surface area (Å²) in [6, 6.07) is 18.9. The highest BCUT2D eigenvalue weighted by Crippen LogP contribution is 2.22. The average Bonchev–Trinajstić information content (AvgIpc) is 2.42. The molecule has 0 atom stereocenters. The van der Waals surface area contributed by atoms with E-state index in [1.807, 2.05) is 24.3 Å². The molecule has 0 spiro atoms. The molecule has 2 N–H and O–H groups in total. The van der Waals surface area contributed by atoms with Crippen LogP contribution in [-0.2, 0) is 6.42 Å². The number of hydrogen-bond donors (Lipinski definition) is 2. The van der Waals surface area contributed by atoms with E-state index in [1.165, 1.54) is 5.56 Å². The van der Waals surface area contributed by atoms with Gasteiger partial charge in [-0.25, -0.2) is 0 Å². The van der Waals surface area contributed by atoms with Crippen LogP contribution in [0.3, 0.4) is 0 Å². The number of phenolic OH excluding ortho intramolecular Hbond substituents is 2. The van der Waals surface area contributed by atoms with Crippen LogP contribution >= 0.6 is 0 Å². The molecular formula is C17H14O2. The summed E-state index contributed by atoms with van der Waals surface area (Å²) < 4.78 is 0. The molecule has 0 bridgehead atoms. The molecule has 94 valence electrons. The van der Waals surface area contributed by atoms with Gasteiger partial charge in [-0.2, -0.15) is 0 Å². The zero-order chi connectivity index (χ0) is 13.2. The highest BCUT2D eigenvalue weighted by atomic mass is 16.3. The molecule has 2 nitrogen and oxygen atoms in total. The summed E-state index contributed by atoms with van der Waals surface area (Å²) in [5, 5.41) is 20.9. The van der Waals surface area contributed by atoms with E-state index < -0.39 is 0 Å². The van der Waals surface area contributed by atoms with Gasteiger partial charge in [-0.1, -0.05) is 36.4 Å². The van der Waals surface area contributed by atoms with Crippen LogP contribution in [0.1, 0.15) is 11.1 Å². The molecular weight excluding hydrogens is 236 g/mol. The zero-order valence-electron chi connectivity index (χ0n) is 10.4. The van der Waals surface area contributed by atoms with Gasteiger partial charge in [-0.15, -0.1) is 0 Å². The molecule has 3 aromatic rings. The van der Waals surface area contributed by atoms with Gasteiger partial charge in [0.2, 0.25) is 0 Å². The predicted octanol–water partition coefficient (Wildman–Crippen LogP) is 3.84. The Labute approximate surface area is 111 Å². The Kier molecular flexibility index (Phi) is 2.84. The van der Waals surface area contributed by atoms with E-state index in [-0.39, 0.29) is 5.75 Å². The Bertz CT molecular complexity index is 715. The standard InChI is InChI=1S/C17H14O2/c18-16-6-2-12(3-7-16)9-13-1-4-15-11-17(19)8-5-14(15)10-13/h1-8,10-11,18-19H,9H2. The molecule has 0 aliphatic heterocycles. The van der Waals surface area contributed by atoms with Crippen LogP contribution in [-0.4, -0.2) is 10.2 Å². The van der Waals surface area contributed by atoms with Crippen molar-refractivity contribution in [3.05, 3.63) is 71.8 Å². The van der Waals surface area contributed by atoms with Gasteiger partial charge in [0.05, 0.1) is 0 Å². The highest BCUT2D eigenvalue weighted by Gasteiger charge is 2.00. The zero-order valence-corrected chi connectivity index (χ0v) is 10.4. The molecule has 3 rings (SSSR count). The van der Waals surface area contributed by atoms with E-state index in [1.54, 1.807) is 24.3 Å². The number of aromatic hydroxyl groups is 2. The van der Waals surface area contributed by atoms with Crippen molar-refractivity contribution in [3.8, 4) is 11.5 Å². The van der Waals surface area contributed by atoms with Crippen LogP contribution in [0.25, 0.3) is 10.8 Å². The molecule has 0 aromatic heterocycles. The molecule has 19 heavy (non-hydrogen) atoms. The van der Waals surface area contributed by atoms with Gasteiger partial charge in [-0.05, 0) is 52.6 Å². The summed E-state index contributed by atoms with van der Waals surface area (Å²) in [6.07, 6.45) is 0.830. The number of benzene rings is 3. The summed E-state index contributed by atoms with van der Waals surface area (Å²) >= 11 is 0. The minimum Gasteiger partial charge on any atom is -0.508 e. The Hall–Kier alpha value is -2.48. The van der Waals surface area contributed by atoms with Crippen LogP contribution in [0.5, 0.6) is 11.5 Å². The average molecular weight is 250 g/mol. The first-order valence-corrected chi connectivity index (χ1v) is 6.20. The molecule has 3 aromatic carbocycles. The van der Waals surface area contributed by atoms with Crippen molar-refractivity contribution in [1.29, 1.82) is 0 Å². The third-order valence-corrected chi connectivity index (χ3v) is 3.23. The normalized spacial score (nSPS) is 10.7. The van der Waals surface area contributed by atoms with Gasteiger partial charge in [0.1, 0.15) is 11.5 Å². The second-order valence-electron chi connectivity index (χ2n) is 4.71. The molecule has 0 aliphatic carbocycles. The fourth-order valence-corrected chi connectivity index (χ4v) is 2.24. The number of phenols is 2. The quantitative estimate of drug-likeness (QED) is 0.725. The molecule has 0 heterocycles. The van der Waals surface area contributed by atoms with Gasteiger partial charge < -0.3 is 10.2 Å². The molecule has 0 aliphatic rings. The largest absolute Gasteiger partial charge is 0.508 e. The van der Waals surface area contributed by atoms with E-state index in [0.717, 1.165) is 22.8 Å². The van der Waals surface area contributed by atoms with Gasteiger partial charge in [-0.3, -0.25) is 0 Å². The van der Waals surface area contributed by atoms with E-state index >= 15 is 0 Å². The van der Waals surface area contributed by atoms with Crippen LogP contribution in [0, 0.1) is 0 Å². The van der Waals surface area contributed by atoms with Crippen LogP contribution < -0.4 is 0 Å². The SMILES string of the molecule is Oc1ccc(Cc2ccc3cc(O)ccc3c2)cc1. The van der Waals surface area contributed by atoms with Crippen molar-refractivity contribution in [3.63, 3.8) is 0 Å². The van der Waals surface area contributed by atoms with E-state index in [0.29, 0.717) is 5.75 Å². The van der Waals surface area contributed by atoms with Crippen molar-refractivity contribution in [1.82, 2.24) is 0 Å². The lowest BCUT2D eigenvalue weighted by atomic mass is 10.0. The lowest BCUT2D eigenvalue weighted by Gasteiger charge is -2.05. The maximum absolute atomic E-state index is 9.44. The Balaban J connectivity index is 1.93. The third kappa shape index (κ3) is 2.52. The summed E-state index contributed by atoms with van der Waals surface area (Å²) in [4.78, 5) is 0. The second kappa shape index (κ2) is 4.65. The Morgan fingerprint density at radius 2 is 1.16 bits per heavy atom. The smallest absolute Gasteiger partial charge is 0.116 e. The van der Waals surface area contributed by atoms with Gasteiger partial charge >= 0.3 is 0 Å².